The zero-order chi connectivity index (χ0) is 16.5. The van der Waals surface area contributed by atoms with E-state index in [1.807, 2.05) is 0 Å². The predicted molar refractivity (Wildman–Crippen MR) is 101 cm³/mol. The summed E-state index contributed by atoms with van der Waals surface area (Å²) in [4.78, 5) is 0. The molecule has 0 nitrogen and oxygen atoms in total. The maximum atomic E-state index is 4.25. The zero-order valence-corrected chi connectivity index (χ0v) is 15.4. The first-order chi connectivity index (χ1) is 10.5. The highest BCUT2D eigenvalue weighted by Crippen LogP contribution is 2.36. The van der Waals surface area contributed by atoms with Crippen molar-refractivity contribution in [2.24, 2.45) is 0 Å². The topological polar surface area (TPSA) is 0 Å². The van der Waals surface area contributed by atoms with Gasteiger partial charge in [0.2, 0.25) is 0 Å². The molecule has 122 valence electrons. The van der Waals surface area contributed by atoms with Crippen molar-refractivity contribution in [3.63, 3.8) is 0 Å². The molecular formula is C22H34. The molecular weight excluding hydrogens is 264 g/mol. The van der Waals surface area contributed by atoms with Crippen LogP contribution in [-0.2, 0) is 0 Å². The Morgan fingerprint density at radius 3 is 2.45 bits per heavy atom. The van der Waals surface area contributed by atoms with Gasteiger partial charge in [0.05, 0.1) is 0 Å². The highest BCUT2D eigenvalue weighted by atomic mass is 14.2. The summed E-state index contributed by atoms with van der Waals surface area (Å²) in [6.07, 6.45) is 15.6. The molecule has 0 atom stereocenters. The zero-order valence-electron chi connectivity index (χ0n) is 15.4. The van der Waals surface area contributed by atoms with E-state index in [0.29, 0.717) is 0 Å². The van der Waals surface area contributed by atoms with Gasteiger partial charge in [0, 0.05) is 0 Å². The van der Waals surface area contributed by atoms with Crippen molar-refractivity contribution in [2.75, 3.05) is 0 Å². The summed E-state index contributed by atoms with van der Waals surface area (Å²) in [5.41, 5.74) is 8.63. The van der Waals surface area contributed by atoms with E-state index in [1.165, 1.54) is 66.4 Å². The van der Waals surface area contributed by atoms with E-state index in [2.05, 4.69) is 59.4 Å². The van der Waals surface area contributed by atoms with Crippen LogP contribution in [0.15, 0.2) is 58.2 Å². The van der Waals surface area contributed by atoms with E-state index in [1.54, 1.807) is 5.57 Å². The summed E-state index contributed by atoms with van der Waals surface area (Å²) in [6, 6.07) is 0. The van der Waals surface area contributed by atoms with Crippen LogP contribution in [0, 0.1) is 0 Å². The van der Waals surface area contributed by atoms with Crippen LogP contribution in [0.4, 0.5) is 0 Å². The highest BCUT2D eigenvalue weighted by molar-refractivity contribution is 5.55. The minimum absolute atomic E-state index is 1.07. The van der Waals surface area contributed by atoms with Gasteiger partial charge in [0.1, 0.15) is 0 Å². The number of hydrogen-bond acceptors (Lipinski definition) is 0. The van der Waals surface area contributed by atoms with Crippen molar-refractivity contribution in [3.8, 4) is 0 Å². The molecule has 0 amide bonds. The van der Waals surface area contributed by atoms with Crippen LogP contribution >= 0.6 is 0 Å². The monoisotopic (exact) mass is 298 g/mol. The van der Waals surface area contributed by atoms with E-state index in [-0.39, 0.29) is 0 Å². The van der Waals surface area contributed by atoms with Gasteiger partial charge in [-0.15, -0.1) is 0 Å². The maximum Gasteiger partial charge on any atom is -0.0166 e. The molecule has 0 aromatic heterocycles. The largest absolute Gasteiger partial charge is 0.0955 e. The summed E-state index contributed by atoms with van der Waals surface area (Å²) >= 11 is 0. The molecule has 1 aliphatic carbocycles. The van der Waals surface area contributed by atoms with Gasteiger partial charge in [0.25, 0.3) is 0 Å². The van der Waals surface area contributed by atoms with Crippen LogP contribution in [0.2, 0.25) is 0 Å². The van der Waals surface area contributed by atoms with Crippen LogP contribution in [0.5, 0.6) is 0 Å². The van der Waals surface area contributed by atoms with Crippen LogP contribution in [0.25, 0.3) is 0 Å². The van der Waals surface area contributed by atoms with Crippen molar-refractivity contribution in [3.05, 3.63) is 58.2 Å². The Balaban J connectivity index is 3.12. The third-order valence-electron chi connectivity index (χ3n) is 4.49. The third-order valence-corrected chi connectivity index (χ3v) is 4.49. The van der Waals surface area contributed by atoms with Crippen molar-refractivity contribution < 1.29 is 0 Å². The summed E-state index contributed by atoms with van der Waals surface area (Å²) in [7, 11) is 0. The molecule has 0 radical (unpaired) electrons. The van der Waals surface area contributed by atoms with Crippen molar-refractivity contribution >= 4 is 0 Å². The molecule has 22 heavy (non-hydrogen) atoms. The van der Waals surface area contributed by atoms with E-state index in [9.17, 15) is 0 Å². The van der Waals surface area contributed by atoms with Gasteiger partial charge < -0.3 is 0 Å². The fourth-order valence-electron chi connectivity index (χ4n) is 3.37. The fourth-order valence-corrected chi connectivity index (χ4v) is 3.37. The first-order valence-electron chi connectivity index (χ1n) is 8.96. The van der Waals surface area contributed by atoms with E-state index < -0.39 is 0 Å². The molecule has 0 spiro atoms. The number of hydrogen-bond donors (Lipinski definition) is 0. The summed E-state index contributed by atoms with van der Waals surface area (Å²) in [6.45, 7) is 15.3. The molecule has 0 fully saturated rings. The normalized spacial score (nSPS) is 16.9. The Labute approximate surface area is 138 Å². The lowest BCUT2D eigenvalue weighted by molar-refractivity contribution is 0.689. The van der Waals surface area contributed by atoms with E-state index >= 15 is 0 Å². The average Bonchev–Trinajstić information content (AvgIpc) is 2.48. The van der Waals surface area contributed by atoms with Crippen LogP contribution < -0.4 is 0 Å². The molecule has 0 heterocycles. The van der Waals surface area contributed by atoms with Gasteiger partial charge >= 0.3 is 0 Å². The smallest absolute Gasteiger partial charge is 0.0166 e. The molecule has 1 aliphatic rings. The van der Waals surface area contributed by atoms with Crippen LogP contribution in [0.1, 0.15) is 79.6 Å². The van der Waals surface area contributed by atoms with Crippen molar-refractivity contribution in [1.82, 2.24) is 0 Å². The molecule has 0 aromatic rings. The molecule has 0 saturated heterocycles. The van der Waals surface area contributed by atoms with E-state index in [0.717, 1.165) is 6.42 Å². The Hall–Kier alpha value is -1.30. The molecule has 0 aromatic carbocycles. The standard InChI is InChI=1S/C22H34/c1-7-10-11-13-19-14-15-21(18(6)16-19)22(17(4)5)20(9-3)12-8-2/h8,12,16H,4,7,9-11,13-15H2,1-3,5-6H3/b12-8-,22-20+. The van der Waals surface area contributed by atoms with Gasteiger partial charge in [-0.3, -0.25) is 0 Å². The van der Waals surface area contributed by atoms with Crippen molar-refractivity contribution in [2.45, 2.75) is 79.6 Å². The van der Waals surface area contributed by atoms with Gasteiger partial charge in [-0.25, -0.2) is 0 Å². The van der Waals surface area contributed by atoms with Crippen LogP contribution in [-0.4, -0.2) is 0 Å². The number of allylic oxidation sites excluding steroid dienone is 9. The molecule has 0 saturated carbocycles. The molecule has 0 N–H and O–H groups in total. The Bertz CT molecular complexity index is 506. The lowest BCUT2D eigenvalue weighted by atomic mass is 9.82. The Kier molecular flexibility index (Phi) is 8.24. The lowest BCUT2D eigenvalue weighted by Crippen LogP contribution is -2.04. The second-order valence-electron chi connectivity index (χ2n) is 6.46. The highest BCUT2D eigenvalue weighted by Gasteiger charge is 2.17. The first kappa shape index (κ1) is 18.7. The minimum atomic E-state index is 1.07. The lowest BCUT2D eigenvalue weighted by Gasteiger charge is -2.23. The van der Waals surface area contributed by atoms with Crippen LogP contribution in [0.3, 0.4) is 0 Å². The Morgan fingerprint density at radius 2 is 1.95 bits per heavy atom. The van der Waals surface area contributed by atoms with E-state index in [4.69, 9.17) is 0 Å². The molecule has 1 rings (SSSR count). The third kappa shape index (κ3) is 5.16. The SMILES string of the molecule is C=C(C)/C(C1=C(C)C=C(CCCCC)CC1)=C(\C=C/C)CC. The number of unbranched alkanes of at least 4 members (excludes halogenated alkanes) is 2. The predicted octanol–water partition coefficient (Wildman–Crippen LogP) is 7.46. The quantitative estimate of drug-likeness (QED) is 0.322. The van der Waals surface area contributed by atoms with Gasteiger partial charge in [-0.2, -0.15) is 0 Å². The molecule has 0 heteroatoms. The second kappa shape index (κ2) is 9.66. The molecule has 0 aliphatic heterocycles. The average molecular weight is 299 g/mol. The number of rotatable bonds is 8. The summed E-state index contributed by atoms with van der Waals surface area (Å²) in [5, 5.41) is 0. The van der Waals surface area contributed by atoms with Gasteiger partial charge in [-0.05, 0) is 75.2 Å². The minimum Gasteiger partial charge on any atom is -0.0955 e. The first-order valence-corrected chi connectivity index (χ1v) is 8.96. The summed E-state index contributed by atoms with van der Waals surface area (Å²) < 4.78 is 0. The summed E-state index contributed by atoms with van der Waals surface area (Å²) in [5.74, 6) is 0. The maximum absolute atomic E-state index is 4.25. The second-order valence-corrected chi connectivity index (χ2v) is 6.46. The van der Waals surface area contributed by atoms with Gasteiger partial charge in [0.15, 0.2) is 0 Å². The van der Waals surface area contributed by atoms with Crippen molar-refractivity contribution in [1.29, 1.82) is 0 Å². The molecule has 0 bridgehead atoms. The van der Waals surface area contributed by atoms with Gasteiger partial charge in [-0.1, -0.05) is 62.6 Å². The fraction of sp³-hybridized carbons (Fsp3) is 0.545. The Morgan fingerprint density at radius 1 is 1.23 bits per heavy atom. The molecule has 0 unspecified atom stereocenters.